The average Bonchev–Trinajstić information content (AvgIpc) is 3.22. The van der Waals surface area contributed by atoms with Crippen molar-refractivity contribution in [3.8, 4) is 0 Å². The number of amides is 1. The standard InChI is InChI=1S/C19H25N5O2/c25-19(17-8-6-15(7-9-17)12-24-14-20-21-22-24)23-10-11-26-18(13-23)16-4-2-1-3-5-16/h1-5,14-15,17-18H,6-13H2. The van der Waals surface area contributed by atoms with Gasteiger partial charge in [-0.05, 0) is 47.6 Å². The van der Waals surface area contributed by atoms with E-state index in [-0.39, 0.29) is 12.0 Å². The fraction of sp³-hybridized carbons (Fsp3) is 0.579. The summed E-state index contributed by atoms with van der Waals surface area (Å²) in [6.45, 7) is 2.82. The van der Waals surface area contributed by atoms with Gasteiger partial charge in [0, 0.05) is 19.0 Å². The summed E-state index contributed by atoms with van der Waals surface area (Å²) < 4.78 is 7.68. The number of benzene rings is 1. The monoisotopic (exact) mass is 355 g/mol. The van der Waals surface area contributed by atoms with Crippen LogP contribution in [0, 0.1) is 11.8 Å². The Hall–Kier alpha value is -2.28. The zero-order chi connectivity index (χ0) is 17.8. The largest absolute Gasteiger partial charge is 0.370 e. The highest BCUT2D eigenvalue weighted by Gasteiger charge is 2.32. The van der Waals surface area contributed by atoms with E-state index in [0.717, 1.165) is 37.8 Å². The van der Waals surface area contributed by atoms with Gasteiger partial charge in [-0.15, -0.1) is 5.10 Å². The first-order valence-electron chi connectivity index (χ1n) is 9.45. The van der Waals surface area contributed by atoms with E-state index in [1.807, 2.05) is 23.1 Å². The molecule has 7 nitrogen and oxygen atoms in total. The van der Waals surface area contributed by atoms with E-state index in [2.05, 4.69) is 27.7 Å². The molecular formula is C19H25N5O2. The molecule has 2 aromatic rings. The van der Waals surface area contributed by atoms with Crippen LogP contribution in [0.25, 0.3) is 0 Å². The molecule has 4 rings (SSSR count). The Labute approximate surface area is 153 Å². The first kappa shape index (κ1) is 17.1. The predicted molar refractivity (Wildman–Crippen MR) is 95.0 cm³/mol. The number of aromatic nitrogens is 4. The molecule has 2 heterocycles. The number of carbonyl (C=O) groups excluding carboxylic acids is 1. The van der Waals surface area contributed by atoms with Gasteiger partial charge in [0.05, 0.1) is 13.2 Å². The Morgan fingerprint density at radius 3 is 2.69 bits per heavy atom. The molecule has 26 heavy (non-hydrogen) atoms. The molecule has 1 aliphatic carbocycles. The lowest BCUT2D eigenvalue weighted by Gasteiger charge is -2.37. The van der Waals surface area contributed by atoms with E-state index in [4.69, 9.17) is 4.74 Å². The quantitative estimate of drug-likeness (QED) is 0.839. The highest BCUT2D eigenvalue weighted by Crippen LogP contribution is 2.32. The predicted octanol–water partition coefficient (Wildman–Crippen LogP) is 2.08. The minimum Gasteiger partial charge on any atom is -0.370 e. The van der Waals surface area contributed by atoms with Gasteiger partial charge in [-0.3, -0.25) is 4.79 Å². The summed E-state index contributed by atoms with van der Waals surface area (Å²) in [6.07, 6.45) is 5.68. The number of ether oxygens (including phenoxy) is 1. The molecule has 0 spiro atoms. The zero-order valence-electron chi connectivity index (χ0n) is 14.9. The Kier molecular flexibility index (Phi) is 5.24. The van der Waals surface area contributed by atoms with Crippen molar-refractivity contribution in [3.63, 3.8) is 0 Å². The highest BCUT2D eigenvalue weighted by molar-refractivity contribution is 5.79. The van der Waals surface area contributed by atoms with E-state index in [1.54, 1.807) is 11.0 Å². The van der Waals surface area contributed by atoms with Crippen LogP contribution >= 0.6 is 0 Å². The second-order valence-electron chi connectivity index (χ2n) is 7.30. The maximum Gasteiger partial charge on any atom is 0.225 e. The van der Waals surface area contributed by atoms with Gasteiger partial charge >= 0.3 is 0 Å². The van der Waals surface area contributed by atoms with Crippen LogP contribution in [0.2, 0.25) is 0 Å². The molecule has 138 valence electrons. The Bertz CT molecular complexity index is 698. The maximum atomic E-state index is 13.0. The van der Waals surface area contributed by atoms with E-state index in [0.29, 0.717) is 31.5 Å². The summed E-state index contributed by atoms with van der Waals surface area (Å²) in [7, 11) is 0. The first-order valence-corrected chi connectivity index (χ1v) is 9.45. The van der Waals surface area contributed by atoms with Crippen LogP contribution in [0.4, 0.5) is 0 Å². The van der Waals surface area contributed by atoms with E-state index in [9.17, 15) is 4.79 Å². The number of rotatable bonds is 4. The summed E-state index contributed by atoms with van der Waals surface area (Å²) >= 11 is 0. The SMILES string of the molecule is O=C(C1CCC(Cn2cnnn2)CC1)N1CCOC(c2ccccc2)C1. The van der Waals surface area contributed by atoms with Crippen molar-refractivity contribution in [3.05, 3.63) is 42.2 Å². The van der Waals surface area contributed by atoms with Gasteiger partial charge in [0.1, 0.15) is 12.4 Å². The molecule has 1 atom stereocenters. The summed E-state index contributed by atoms with van der Waals surface area (Å²) in [6, 6.07) is 10.2. The van der Waals surface area contributed by atoms with Gasteiger partial charge in [0.25, 0.3) is 0 Å². The van der Waals surface area contributed by atoms with Crippen molar-refractivity contribution in [1.29, 1.82) is 0 Å². The molecule has 1 saturated heterocycles. The van der Waals surface area contributed by atoms with Crippen LogP contribution in [0.3, 0.4) is 0 Å². The minimum absolute atomic E-state index is 0.00921. The number of morpholine rings is 1. The van der Waals surface area contributed by atoms with E-state index < -0.39 is 0 Å². The molecule has 0 N–H and O–H groups in total. The van der Waals surface area contributed by atoms with Crippen LogP contribution in [0.15, 0.2) is 36.7 Å². The molecule has 1 unspecified atom stereocenters. The van der Waals surface area contributed by atoms with Gasteiger partial charge in [0.15, 0.2) is 0 Å². The molecule has 2 aliphatic rings. The lowest BCUT2D eigenvalue weighted by Crippen LogP contribution is -2.45. The van der Waals surface area contributed by atoms with Crippen LogP contribution < -0.4 is 0 Å². The molecule has 1 amide bonds. The summed E-state index contributed by atoms with van der Waals surface area (Å²) in [4.78, 5) is 15.0. The number of hydrogen-bond acceptors (Lipinski definition) is 5. The fourth-order valence-electron chi connectivity index (χ4n) is 4.10. The first-order chi connectivity index (χ1) is 12.8. The van der Waals surface area contributed by atoms with Gasteiger partial charge < -0.3 is 9.64 Å². The lowest BCUT2D eigenvalue weighted by atomic mass is 9.81. The topological polar surface area (TPSA) is 73.1 Å². The van der Waals surface area contributed by atoms with Gasteiger partial charge in [-0.2, -0.15) is 0 Å². The molecule has 1 saturated carbocycles. The number of carbonyl (C=O) groups is 1. The zero-order valence-corrected chi connectivity index (χ0v) is 14.9. The third-order valence-electron chi connectivity index (χ3n) is 5.58. The third kappa shape index (κ3) is 3.93. The number of hydrogen-bond donors (Lipinski definition) is 0. The van der Waals surface area contributed by atoms with Gasteiger partial charge in [-0.25, -0.2) is 4.68 Å². The smallest absolute Gasteiger partial charge is 0.225 e. The molecule has 0 bridgehead atoms. The van der Waals surface area contributed by atoms with Gasteiger partial charge in [0.2, 0.25) is 5.91 Å². The molecule has 0 radical (unpaired) electrons. The van der Waals surface area contributed by atoms with Crippen molar-refractivity contribution in [2.75, 3.05) is 19.7 Å². The normalized spacial score (nSPS) is 26.6. The van der Waals surface area contributed by atoms with Crippen molar-refractivity contribution in [2.45, 2.75) is 38.3 Å². The number of tetrazole rings is 1. The highest BCUT2D eigenvalue weighted by atomic mass is 16.5. The molecule has 7 heteroatoms. The number of nitrogens with zero attached hydrogens (tertiary/aromatic N) is 5. The van der Waals surface area contributed by atoms with Crippen molar-refractivity contribution >= 4 is 5.91 Å². The van der Waals surface area contributed by atoms with E-state index in [1.165, 1.54) is 0 Å². The minimum atomic E-state index is -0.00921. The van der Waals surface area contributed by atoms with Crippen molar-refractivity contribution in [2.24, 2.45) is 11.8 Å². The molecule has 1 aliphatic heterocycles. The van der Waals surface area contributed by atoms with E-state index >= 15 is 0 Å². The second-order valence-corrected chi connectivity index (χ2v) is 7.30. The van der Waals surface area contributed by atoms with Crippen LogP contribution in [0.5, 0.6) is 0 Å². The van der Waals surface area contributed by atoms with Crippen LogP contribution in [-0.4, -0.2) is 50.7 Å². The summed E-state index contributed by atoms with van der Waals surface area (Å²) in [5.74, 6) is 1.01. The molecule has 1 aromatic heterocycles. The van der Waals surface area contributed by atoms with Crippen molar-refractivity contribution in [1.82, 2.24) is 25.1 Å². The van der Waals surface area contributed by atoms with Gasteiger partial charge in [-0.1, -0.05) is 30.3 Å². The Morgan fingerprint density at radius 2 is 1.96 bits per heavy atom. The molecular weight excluding hydrogens is 330 g/mol. The van der Waals surface area contributed by atoms with Crippen LogP contribution in [0.1, 0.15) is 37.4 Å². The Morgan fingerprint density at radius 1 is 1.15 bits per heavy atom. The van der Waals surface area contributed by atoms with Crippen molar-refractivity contribution < 1.29 is 9.53 Å². The fourth-order valence-corrected chi connectivity index (χ4v) is 4.10. The Balaban J connectivity index is 1.30. The summed E-state index contributed by atoms with van der Waals surface area (Å²) in [5.41, 5.74) is 1.15. The average molecular weight is 355 g/mol. The lowest BCUT2D eigenvalue weighted by molar-refractivity contribution is -0.144. The molecule has 1 aromatic carbocycles. The summed E-state index contributed by atoms with van der Waals surface area (Å²) in [5, 5.41) is 11.3. The molecule has 2 fully saturated rings. The second kappa shape index (κ2) is 7.95. The maximum absolute atomic E-state index is 13.0. The third-order valence-corrected chi connectivity index (χ3v) is 5.58. The van der Waals surface area contributed by atoms with Crippen LogP contribution in [-0.2, 0) is 16.1 Å².